The Kier molecular flexibility index (Phi) is 5.98. The summed E-state index contributed by atoms with van der Waals surface area (Å²) in [5.41, 5.74) is 4.04. The number of anilines is 2. The summed E-state index contributed by atoms with van der Waals surface area (Å²) in [5.74, 6) is -0.0114. The predicted octanol–water partition coefficient (Wildman–Crippen LogP) is 5.29. The Morgan fingerprint density at radius 1 is 1.19 bits per heavy atom. The molecule has 0 aliphatic carbocycles. The lowest BCUT2D eigenvalue weighted by atomic mass is 9.98. The number of benzene rings is 1. The molecular weight excluding hydrogens is 388 g/mol. The number of ketones is 1. The standard InChI is InChI=1S/C25H28N4O2/c1-4-20-10-5-6-13-29(20)25(31)22-15-26-24-21(12-11-16(2)27-24)23(22)28-19-9-7-8-18(14-19)17(3)30/h7-9,11-12,14-15,20H,4-6,10,13H2,1-3H3,(H,26,27,28). The summed E-state index contributed by atoms with van der Waals surface area (Å²) in [6.07, 6.45) is 5.79. The lowest BCUT2D eigenvalue weighted by Crippen LogP contribution is -2.43. The zero-order valence-corrected chi connectivity index (χ0v) is 18.3. The zero-order valence-electron chi connectivity index (χ0n) is 18.3. The van der Waals surface area contributed by atoms with Crippen LogP contribution in [0.5, 0.6) is 0 Å². The Balaban J connectivity index is 1.82. The Hall–Kier alpha value is -3.28. The molecule has 0 saturated carbocycles. The fourth-order valence-electron chi connectivity index (χ4n) is 4.28. The number of pyridine rings is 2. The van der Waals surface area contributed by atoms with Gasteiger partial charge in [-0.2, -0.15) is 0 Å². The predicted molar refractivity (Wildman–Crippen MR) is 123 cm³/mol. The van der Waals surface area contributed by atoms with Crippen LogP contribution in [0.25, 0.3) is 11.0 Å². The number of carbonyl (C=O) groups is 2. The van der Waals surface area contributed by atoms with E-state index < -0.39 is 0 Å². The van der Waals surface area contributed by atoms with E-state index in [0.717, 1.165) is 49.0 Å². The number of nitrogens with one attached hydrogen (secondary N) is 1. The number of carbonyl (C=O) groups excluding carboxylic acids is 2. The molecule has 1 fully saturated rings. The summed E-state index contributed by atoms with van der Waals surface area (Å²) >= 11 is 0. The zero-order chi connectivity index (χ0) is 22.0. The molecule has 0 spiro atoms. The number of amides is 1. The maximum absolute atomic E-state index is 13.6. The molecule has 31 heavy (non-hydrogen) atoms. The molecule has 6 nitrogen and oxygen atoms in total. The van der Waals surface area contributed by atoms with E-state index in [-0.39, 0.29) is 17.7 Å². The monoisotopic (exact) mass is 416 g/mol. The molecule has 1 amide bonds. The number of nitrogens with zero attached hydrogens (tertiary/aromatic N) is 3. The fraction of sp³-hybridized carbons (Fsp3) is 0.360. The van der Waals surface area contributed by atoms with E-state index in [9.17, 15) is 9.59 Å². The molecular formula is C25H28N4O2. The second kappa shape index (κ2) is 8.84. The van der Waals surface area contributed by atoms with E-state index in [2.05, 4.69) is 22.2 Å². The van der Waals surface area contributed by atoms with Gasteiger partial charge >= 0.3 is 0 Å². The van der Waals surface area contributed by atoms with Crippen LogP contribution in [0, 0.1) is 6.92 Å². The van der Waals surface area contributed by atoms with Crippen molar-refractivity contribution in [2.24, 2.45) is 0 Å². The molecule has 1 unspecified atom stereocenters. The van der Waals surface area contributed by atoms with Crippen LogP contribution in [0.1, 0.15) is 65.9 Å². The van der Waals surface area contributed by atoms with Crippen molar-refractivity contribution in [3.63, 3.8) is 0 Å². The number of Topliss-reactive ketones (excluding diaryl/α,β-unsaturated/α-hetero) is 1. The molecule has 3 heterocycles. The van der Waals surface area contributed by atoms with Gasteiger partial charge in [0.2, 0.25) is 0 Å². The highest BCUT2D eigenvalue weighted by Gasteiger charge is 2.28. The molecule has 160 valence electrons. The van der Waals surface area contributed by atoms with Gasteiger partial charge in [0, 0.05) is 41.1 Å². The van der Waals surface area contributed by atoms with Crippen LogP contribution in [-0.2, 0) is 0 Å². The second-order valence-electron chi connectivity index (χ2n) is 8.19. The van der Waals surface area contributed by atoms with Gasteiger partial charge in [0.15, 0.2) is 11.4 Å². The highest BCUT2D eigenvalue weighted by molar-refractivity contribution is 6.07. The van der Waals surface area contributed by atoms with Gasteiger partial charge in [-0.3, -0.25) is 9.59 Å². The average molecular weight is 417 g/mol. The summed E-state index contributed by atoms with van der Waals surface area (Å²) in [6, 6.07) is 11.4. The maximum Gasteiger partial charge on any atom is 0.257 e. The van der Waals surface area contributed by atoms with Crippen LogP contribution in [0.2, 0.25) is 0 Å². The molecule has 1 atom stereocenters. The number of hydrogen-bond acceptors (Lipinski definition) is 5. The van der Waals surface area contributed by atoms with Crippen LogP contribution in [0.15, 0.2) is 42.6 Å². The van der Waals surface area contributed by atoms with Crippen molar-refractivity contribution in [2.45, 2.75) is 52.5 Å². The van der Waals surface area contributed by atoms with E-state index >= 15 is 0 Å². The molecule has 0 bridgehead atoms. The van der Waals surface area contributed by atoms with Crippen molar-refractivity contribution in [3.05, 3.63) is 59.4 Å². The van der Waals surface area contributed by atoms with Gasteiger partial charge in [0.25, 0.3) is 5.91 Å². The molecule has 1 aromatic carbocycles. The van der Waals surface area contributed by atoms with Crippen LogP contribution in [0.4, 0.5) is 11.4 Å². The smallest absolute Gasteiger partial charge is 0.257 e. The van der Waals surface area contributed by atoms with Gasteiger partial charge in [-0.05, 0) is 63.8 Å². The van der Waals surface area contributed by atoms with Crippen LogP contribution in [-0.4, -0.2) is 39.1 Å². The topological polar surface area (TPSA) is 75.2 Å². The third-order valence-electron chi connectivity index (χ3n) is 6.00. The van der Waals surface area contributed by atoms with E-state index in [1.807, 2.05) is 36.1 Å². The van der Waals surface area contributed by atoms with Gasteiger partial charge in [0.1, 0.15) is 0 Å². The molecule has 3 aromatic rings. The van der Waals surface area contributed by atoms with Gasteiger partial charge in [-0.1, -0.05) is 19.1 Å². The van der Waals surface area contributed by atoms with Crippen molar-refractivity contribution in [1.82, 2.24) is 14.9 Å². The summed E-state index contributed by atoms with van der Waals surface area (Å²) < 4.78 is 0. The first-order valence-corrected chi connectivity index (χ1v) is 10.9. The molecule has 1 saturated heterocycles. The molecule has 2 aromatic heterocycles. The van der Waals surface area contributed by atoms with E-state index in [4.69, 9.17) is 0 Å². The molecule has 1 N–H and O–H groups in total. The number of fused-ring (bicyclic) bond motifs is 1. The minimum Gasteiger partial charge on any atom is -0.354 e. The number of hydrogen-bond donors (Lipinski definition) is 1. The van der Waals surface area contributed by atoms with E-state index in [0.29, 0.717) is 22.5 Å². The van der Waals surface area contributed by atoms with Gasteiger partial charge in [-0.15, -0.1) is 0 Å². The Labute approximate surface area is 182 Å². The normalized spacial score (nSPS) is 16.4. The van der Waals surface area contributed by atoms with Gasteiger partial charge in [-0.25, -0.2) is 9.97 Å². The third-order valence-corrected chi connectivity index (χ3v) is 6.00. The second-order valence-corrected chi connectivity index (χ2v) is 8.19. The minimum atomic E-state index is -0.00764. The van der Waals surface area contributed by atoms with Crippen LogP contribution in [0.3, 0.4) is 0 Å². The van der Waals surface area contributed by atoms with Gasteiger partial charge < -0.3 is 10.2 Å². The molecule has 1 aliphatic heterocycles. The number of aryl methyl sites for hydroxylation is 1. The Morgan fingerprint density at radius 2 is 2.03 bits per heavy atom. The first-order chi connectivity index (χ1) is 15.0. The minimum absolute atomic E-state index is 0.00377. The van der Waals surface area contributed by atoms with Crippen molar-refractivity contribution < 1.29 is 9.59 Å². The van der Waals surface area contributed by atoms with Crippen LogP contribution >= 0.6 is 0 Å². The molecule has 0 radical (unpaired) electrons. The number of aromatic nitrogens is 2. The number of likely N-dealkylation sites (tertiary alicyclic amines) is 1. The maximum atomic E-state index is 13.6. The number of piperidine rings is 1. The van der Waals surface area contributed by atoms with Gasteiger partial charge in [0.05, 0.1) is 11.3 Å². The highest BCUT2D eigenvalue weighted by Crippen LogP contribution is 2.32. The summed E-state index contributed by atoms with van der Waals surface area (Å²) in [4.78, 5) is 36.5. The highest BCUT2D eigenvalue weighted by atomic mass is 16.2. The first kappa shape index (κ1) is 21.0. The number of rotatable bonds is 5. The quantitative estimate of drug-likeness (QED) is 0.572. The third kappa shape index (κ3) is 4.29. The lowest BCUT2D eigenvalue weighted by Gasteiger charge is -2.35. The van der Waals surface area contributed by atoms with Crippen molar-refractivity contribution in [1.29, 1.82) is 0 Å². The van der Waals surface area contributed by atoms with Crippen molar-refractivity contribution >= 4 is 34.1 Å². The molecule has 1 aliphatic rings. The van der Waals surface area contributed by atoms with E-state index in [1.54, 1.807) is 25.3 Å². The summed E-state index contributed by atoms with van der Waals surface area (Å²) in [7, 11) is 0. The SMILES string of the molecule is CCC1CCCCN1C(=O)c1cnc2nc(C)ccc2c1Nc1cccc(C(C)=O)c1. The fourth-order valence-corrected chi connectivity index (χ4v) is 4.28. The first-order valence-electron chi connectivity index (χ1n) is 10.9. The average Bonchev–Trinajstić information content (AvgIpc) is 2.78. The van der Waals surface area contributed by atoms with Crippen molar-refractivity contribution in [2.75, 3.05) is 11.9 Å². The summed E-state index contributed by atoms with van der Waals surface area (Å²) in [5, 5.41) is 4.19. The summed E-state index contributed by atoms with van der Waals surface area (Å²) in [6.45, 7) is 6.36. The van der Waals surface area contributed by atoms with Crippen LogP contribution < -0.4 is 5.32 Å². The largest absolute Gasteiger partial charge is 0.354 e. The Bertz CT molecular complexity index is 1140. The van der Waals surface area contributed by atoms with E-state index in [1.165, 1.54) is 0 Å². The Morgan fingerprint density at radius 3 is 2.81 bits per heavy atom. The lowest BCUT2D eigenvalue weighted by molar-refractivity contribution is 0.0608. The van der Waals surface area contributed by atoms with Crippen molar-refractivity contribution in [3.8, 4) is 0 Å². The molecule has 6 heteroatoms. The molecule has 4 rings (SSSR count).